The van der Waals surface area contributed by atoms with Crippen molar-refractivity contribution in [3.8, 4) is 11.4 Å². The topological polar surface area (TPSA) is 51.4 Å². The number of hydrogen-bond donors (Lipinski definition) is 0. The molecule has 4 nitrogen and oxygen atoms in total. The number of ketones is 2. The van der Waals surface area contributed by atoms with Crippen LogP contribution in [-0.2, 0) is 0 Å². The second kappa shape index (κ2) is 6.82. The van der Waals surface area contributed by atoms with E-state index in [0.717, 1.165) is 11.4 Å². The lowest BCUT2D eigenvalue weighted by molar-refractivity contribution is 0.101. The van der Waals surface area contributed by atoms with Gasteiger partial charge >= 0.3 is 0 Å². The average molecular weight is 375 g/mol. The highest BCUT2D eigenvalue weighted by Crippen LogP contribution is 2.27. The molecule has 1 aromatic carbocycles. The molecule has 4 aromatic rings. The van der Waals surface area contributed by atoms with Crippen LogP contribution in [0.4, 0.5) is 0 Å². The van der Waals surface area contributed by atoms with Crippen LogP contribution in [0.25, 0.3) is 16.9 Å². The highest BCUT2D eigenvalue weighted by Gasteiger charge is 2.21. The molecule has 3 aromatic heterocycles. The molecule has 0 fully saturated rings. The molecular formula is C22H15ClN2O2. The summed E-state index contributed by atoms with van der Waals surface area (Å²) < 4.78 is 1.80. The molecule has 0 saturated heterocycles. The molecular weight excluding hydrogens is 360 g/mol. The molecule has 0 aliphatic rings. The van der Waals surface area contributed by atoms with Crippen LogP contribution in [0.15, 0.2) is 72.9 Å². The number of hydrogen-bond acceptors (Lipinski definition) is 3. The van der Waals surface area contributed by atoms with Crippen LogP contribution < -0.4 is 0 Å². The van der Waals surface area contributed by atoms with Gasteiger partial charge in [0.1, 0.15) is 0 Å². The van der Waals surface area contributed by atoms with Gasteiger partial charge in [-0.1, -0.05) is 23.7 Å². The van der Waals surface area contributed by atoms with E-state index in [4.69, 9.17) is 11.6 Å². The number of carbonyl (C=O) groups is 2. The number of rotatable bonds is 4. The third kappa shape index (κ3) is 3.04. The van der Waals surface area contributed by atoms with E-state index in [1.807, 2.05) is 36.4 Å². The van der Waals surface area contributed by atoms with Crippen LogP contribution in [0.3, 0.4) is 0 Å². The summed E-state index contributed by atoms with van der Waals surface area (Å²) in [5.74, 6) is -0.279. The third-order valence-corrected chi connectivity index (χ3v) is 4.69. The van der Waals surface area contributed by atoms with Crippen LogP contribution in [0, 0.1) is 0 Å². The van der Waals surface area contributed by atoms with Gasteiger partial charge in [-0.3, -0.25) is 14.6 Å². The Bertz CT molecular complexity index is 1160. The first-order chi connectivity index (χ1) is 13.1. The molecule has 0 saturated carbocycles. The second-order valence-corrected chi connectivity index (χ2v) is 6.62. The van der Waals surface area contributed by atoms with Crippen molar-refractivity contribution in [2.45, 2.75) is 6.92 Å². The zero-order valence-electron chi connectivity index (χ0n) is 14.5. The smallest absolute Gasteiger partial charge is 0.209 e. The Morgan fingerprint density at radius 2 is 1.74 bits per heavy atom. The maximum Gasteiger partial charge on any atom is 0.209 e. The first-order valence-corrected chi connectivity index (χ1v) is 8.81. The summed E-state index contributed by atoms with van der Waals surface area (Å²) in [4.78, 5) is 29.8. The fourth-order valence-electron chi connectivity index (χ4n) is 3.17. The second-order valence-electron chi connectivity index (χ2n) is 6.18. The fourth-order valence-corrected chi connectivity index (χ4v) is 3.29. The molecule has 0 radical (unpaired) electrons. The van der Waals surface area contributed by atoms with Crippen molar-refractivity contribution < 1.29 is 9.59 Å². The Morgan fingerprint density at radius 3 is 2.41 bits per heavy atom. The van der Waals surface area contributed by atoms with Gasteiger partial charge in [-0.15, -0.1) is 0 Å². The summed E-state index contributed by atoms with van der Waals surface area (Å²) in [5.41, 5.74) is 3.58. The molecule has 27 heavy (non-hydrogen) atoms. The molecule has 0 aliphatic carbocycles. The van der Waals surface area contributed by atoms with E-state index in [1.165, 1.54) is 6.92 Å². The molecule has 0 amide bonds. The minimum Gasteiger partial charge on any atom is -0.304 e. The van der Waals surface area contributed by atoms with Gasteiger partial charge in [0.25, 0.3) is 0 Å². The van der Waals surface area contributed by atoms with E-state index in [0.29, 0.717) is 27.4 Å². The molecule has 0 bridgehead atoms. The number of nitrogens with zero attached hydrogens (tertiary/aromatic N) is 2. The molecule has 0 aliphatic heterocycles. The molecule has 4 rings (SSSR count). The molecule has 3 heterocycles. The summed E-state index contributed by atoms with van der Waals surface area (Å²) in [6.45, 7) is 1.50. The Kier molecular flexibility index (Phi) is 4.34. The maximum absolute atomic E-state index is 13.2. The van der Waals surface area contributed by atoms with Crippen LogP contribution in [0.5, 0.6) is 0 Å². The van der Waals surface area contributed by atoms with E-state index in [1.54, 1.807) is 40.9 Å². The molecule has 132 valence electrons. The predicted octanol–water partition coefficient (Wildman–Crippen LogP) is 5.09. The number of Topliss-reactive ketones (excluding diaryl/α,β-unsaturated/α-hetero) is 1. The SMILES string of the molecule is CC(=O)c1cc(C(=O)c2ccc(Cl)cc2)n2c(-c3ccccn3)cccc12. The first-order valence-electron chi connectivity index (χ1n) is 8.43. The van der Waals surface area contributed by atoms with Gasteiger partial charge in [-0.25, -0.2) is 0 Å². The monoisotopic (exact) mass is 374 g/mol. The summed E-state index contributed by atoms with van der Waals surface area (Å²) in [5, 5.41) is 0.560. The minimum absolute atomic E-state index is 0.0965. The zero-order valence-corrected chi connectivity index (χ0v) is 15.3. The summed E-state index contributed by atoms with van der Waals surface area (Å²) in [7, 11) is 0. The lowest BCUT2D eigenvalue weighted by Crippen LogP contribution is -2.07. The van der Waals surface area contributed by atoms with Gasteiger partial charge in [-0.05, 0) is 61.5 Å². The van der Waals surface area contributed by atoms with Crippen molar-refractivity contribution in [1.82, 2.24) is 9.38 Å². The largest absolute Gasteiger partial charge is 0.304 e. The van der Waals surface area contributed by atoms with Gasteiger partial charge in [0.05, 0.1) is 22.6 Å². The number of halogens is 1. The Morgan fingerprint density at radius 1 is 0.963 bits per heavy atom. The van der Waals surface area contributed by atoms with Crippen LogP contribution in [0.2, 0.25) is 5.02 Å². The summed E-state index contributed by atoms with van der Waals surface area (Å²) in [6.07, 6.45) is 1.70. The number of carbonyl (C=O) groups excluding carboxylic acids is 2. The number of benzene rings is 1. The lowest BCUT2D eigenvalue weighted by atomic mass is 10.1. The van der Waals surface area contributed by atoms with Gasteiger partial charge in [0.2, 0.25) is 5.78 Å². The van der Waals surface area contributed by atoms with Crippen molar-refractivity contribution in [3.05, 3.63) is 94.8 Å². The molecule has 0 atom stereocenters. The fraction of sp³-hybridized carbons (Fsp3) is 0.0455. The van der Waals surface area contributed by atoms with Crippen LogP contribution in [-0.4, -0.2) is 21.0 Å². The number of fused-ring (bicyclic) bond motifs is 1. The number of pyridine rings is 2. The highest BCUT2D eigenvalue weighted by molar-refractivity contribution is 6.30. The number of aromatic nitrogens is 2. The molecule has 0 unspecified atom stereocenters. The maximum atomic E-state index is 13.2. The molecule has 0 N–H and O–H groups in total. The Labute approximate surface area is 161 Å². The van der Waals surface area contributed by atoms with Crippen molar-refractivity contribution in [1.29, 1.82) is 0 Å². The van der Waals surface area contributed by atoms with E-state index >= 15 is 0 Å². The zero-order chi connectivity index (χ0) is 19.0. The Balaban J connectivity index is 2.01. The van der Waals surface area contributed by atoms with Gasteiger partial charge < -0.3 is 4.40 Å². The van der Waals surface area contributed by atoms with Crippen LogP contribution in [0.1, 0.15) is 33.3 Å². The quantitative estimate of drug-likeness (QED) is 0.467. The van der Waals surface area contributed by atoms with Crippen molar-refractivity contribution in [3.63, 3.8) is 0 Å². The van der Waals surface area contributed by atoms with E-state index < -0.39 is 0 Å². The van der Waals surface area contributed by atoms with Crippen molar-refractivity contribution in [2.75, 3.05) is 0 Å². The predicted molar refractivity (Wildman–Crippen MR) is 106 cm³/mol. The first kappa shape index (κ1) is 17.2. The minimum atomic E-state index is -0.183. The van der Waals surface area contributed by atoms with Crippen molar-refractivity contribution in [2.24, 2.45) is 0 Å². The third-order valence-electron chi connectivity index (χ3n) is 4.43. The van der Waals surface area contributed by atoms with Gasteiger partial charge in [0, 0.05) is 22.3 Å². The van der Waals surface area contributed by atoms with Crippen molar-refractivity contribution >= 4 is 28.7 Å². The standard InChI is InChI=1S/C22H15ClN2O2/c1-14(26)17-13-21(22(27)15-8-10-16(23)11-9-15)25-19(17)6-4-7-20(25)18-5-2-3-12-24-18/h2-13H,1H3. The van der Waals surface area contributed by atoms with Gasteiger partial charge in [-0.2, -0.15) is 0 Å². The highest BCUT2D eigenvalue weighted by atomic mass is 35.5. The summed E-state index contributed by atoms with van der Waals surface area (Å²) in [6, 6.07) is 19.5. The van der Waals surface area contributed by atoms with E-state index in [-0.39, 0.29) is 11.6 Å². The summed E-state index contributed by atoms with van der Waals surface area (Å²) >= 11 is 5.94. The molecule has 0 spiro atoms. The van der Waals surface area contributed by atoms with Crippen LogP contribution >= 0.6 is 11.6 Å². The van der Waals surface area contributed by atoms with E-state index in [2.05, 4.69) is 4.98 Å². The lowest BCUT2D eigenvalue weighted by Gasteiger charge is -2.09. The normalized spacial score (nSPS) is 10.9. The molecule has 5 heteroatoms. The van der Waals surface area contributed by atoms with Gasteiger partial charge in [0.15, 0.2) is 5.78 Å². The van der Waals surface area contributed by atoms with E-state index in [9.17, 15) is 9.59 Å². The Hall–Kier alpha value is -3.24. The average Bonchev–Trinajstić information content (AvgIpc) is 3.09.